The van der Waals surface area contributed by atoms with Crippen molar-refractivity contribution in [2.45, 2.75) is 78.6 Å². The van der Waals surface area contributed by atoms with Crippen molar-refractivity contribution in [1.82, 2.24) is 15.5 Å². The number of terminal acetylenes is 1. The number of rotatable bonds is 11. The number of hydrogen-bond donors (Lipinski definition) is 2. The maximum absolute atomic E-state index is 14.1. The fraction of sp³-hybridized carbons (Fsp3) is 0.452. The molecule has 2 aromatic rings. The van der Waals surface area contributed by atoms with Crippen molar-refractivity contribution in [2.75, 3.05) is 6.54 Å². The summed E-state index contributed by atoms with van der Waals surface area (Å²) in [6, 6.07) is 14.9. The zero-order valence-electron chi connectivity index (χ0n) is 23.4. The van der Waals surface area contributed by atoms with Crippen molar-refractivity contribution < 1.29 is 19.1 Å². The molecule has 38 heavy (non-hydrogen) atoms. The lowest BCUT2D eigenvalue weighted by Gasteiger charge is -2.35. The molecule has 7 nitrogen and oxygen atoms in total. The number of nitrogens with one attached hydrogen (secondary N) is 2. The molecule has 204 valence electrons. The van der Waals surface area contributed by atoms with E-state index >= 15 is 0 Å². The van der Waals surface area contributed by atoms with Gasteiger partial charge in [-0.15, -0.1) is 6.42 Å². The Kier molecular flexibility index (Phi) is 11.4. The summed E-state index contributed by atoms with van der Waals surface area (Å²) in [5.41, 5.74) is 1.55. The summed E-state index contributed by atoms with van der Waals surface area (Å²) in [4.78, 5) is 42.0. The van der Waals surface area contributed by atoms with Crippen LogP contribution in [0.4, 0.5) is 4.79 Å². The summed E-state index contributed by atoms with van der Waals surface area (Å²) < 4.78 is 5.42. The monoisotopic (exact) mass is 519 g/mol. The van der Waals surface area contributed by atoms with Gasteiger partial charge in [0.25, 0.3) is 0 Å². The van der Waals surface area contributed by atoms with Crippen LogP contribution in [-0.2, 0) is 20.9 Å². The Labute approximate surface area is 227 Å². The summed E-state index contributed by atoms with van der Waals surface area (Å²) in [6.07, 6.45) is 6.37. The number of unbranched alkanes of at least 4 members (excludes halogenated alkanes) is 1. The van der Waals surface area contributed by atoms with Crippen LogP contribution in [-0.4, -0.2) is 41.0 Å². The molecule has 0 aliphatic carbocycles. The van der Waals surface area contributed by atoms with Gasteiger partial charge in [-0.1, -0.05) is 75.6 Å². The lowest BCUT2D eigenvalue weighted by molar-refractivity contribution is -0.143. The van der Waals surface area contributed by atoms with Crippen LogP contribution in [0.1, 0.15) is 77.1 Å². The van der Waals surface area contributed by atoms with E-state index in [-0.39, 0.29) is 17.7 Å². The second-order valence-corrected chi connectivity index (χ2v) is 10.6. The van der Waals surface area contributed by atoms with Crippen molar-refractivity contribution in [3.63, 3.8) is 0 Å². The Bertz CT molecular complexity index is 1100. The number of ether oxygens (including phenoxy) is 1. The minimum absolute atomic E-state index is 0.240. The van der Waals surface area contributed by atoms with Crippen molar-refractivity contribution in [3.8, 4) is 12.3 Å². The van der Waals surface area contributed by atoms with Crippen LogP contribution in [0.3, 0.4) is 0 Å². The van der Waals surface area contributed by atoms with E-state index in [1.165, 1.54) is 0 Å². The Morgan fingerprint density at radius 3 is 2.18 bits per heavy atom. The molecule has 2 rings (SSSR count). The molecule has 2 N–H and O–H groups in total. The topological polar surface area (TPSA) is 87.7 Å². The van der Waals surface area contributed by atoms with Crippen LogP contribution in [0, 0.1) is 18.3 Å². The van der Waals surface area contributed by atoms with Crippen molar-refractivity contribution in [2.24, 2.45) is 5.92 Å². The zero-order valence-corrected chi connectivity index (χ0v) is 23.4. The molecule has 0 spiro atoms. The van der Waals surface area contributed by atoms with Crippen molar-refractivity contribution in [3.05, 3.63) is 71.3 Å². The number of carbonyl (C=O) groups excluding carboxylic acids is 3. The number of amides is 3. The van der Waals surface area contributed by atoms with Gasteiger partial charge in [-0.3, -0.25) is 9.59 Å². The molecule has 0 saturated carbocycles. The highest BCUT2D eigenvalue weighted by Gasteiger charge is 2.37. The highest BCUT2D eigenvalue weighted by molar-refractivity contribution is 5.92. The van der Waals surface area contributed by atoms with E-state index in [4.69, 9.17) is 11.2 Å². The van der Waals surface area contributed by atoms with E-state index in [0.29, 0.717) is 30.6 Å². The average molecular weight is 520 g/mol. The lowest BCUT2D eigenvalue weighted by atomic mass is 9.97. The molecule has 2 unspecified atom stereocenters. The third-order valence-corrected chi connectivity index (χ3v) is 5.90. The van der Waals surface area contributed by atoms with E-state index in [1.807, 2.05) is 51.1 Å². The fourth-order valence-corrected chi connectivity index (χ4v) is 3.94. The fourth-order valence-electron chi connectivity index (χ4n) is 3.94. The molecule has 3 amide bonds. The first-order valence-corrected chi connectivity index (χ1v) is 13.1. The Balaban J connectivity index is 2.45. The molecule has 0 aliphatic rings. The smallest absolute Gasteiger partial charge is 0.408 e. The Morgan fingerprint density at radius 2 is 1.66 bits per heavy atom. The maximum Gasteiger partial charge on any atom is 0.408 e. The largest absolute Gasteiger partial charge is 0.444 e. The van der Waals surface area contributed by atoms with Crippen LogP contribution in [0.2, 0.25) is 0 Å². The predicted octanol–water partition coefficient (Wildman–Crippen LogP) is 5.20. The van der Waals surface area contributed by atoms with Gasteiger partial charge in [-0.2, -0.15) is 0 Å². The summed E-state index contributed by atoms with van der Waals surface area (Å²) in [5, 5.41) is 5.73. The SMILES string of the molecule is C#Cc1ccc(C(C(=O)NCc2ccccc2)N(CCCC)C(=O)C(NC(=O)OC(C)(C)C)C(C)C)cc1. The lowest BCUT2D eigenvalue weighted by Crippen LogP contribution is -2.55. The van der Waals surface area contributed by atoms with Crippen LogP contribution in [0.5, 0.6) is 0 Å². The molecule has 2 atom stereocenters. The third kappa shape index (κ3) is 9.26. The first kappa shape index (κ1) is 30.4. The van der Waals surface area contributed by atoms with E-state index in [2.05, 4.69) is 16.6 Å². The zero-order chi connectivity index (χ0) is 28.3. The Morgan fingerprint density at radius 1 is 1.03 bits per heavy atom. The van der Waals surface area contributed by atoms with Gasteiger partial charge < -0.3 is 20.3 Å². The molecule has 0 aliphatic heterocycles. The second-order valence-electron chi connectivity index (χ2n) is 10.6. The van der Waals surface area contributed by atoms with Crippen molar-refractivity contribution >= 4 is 17.9 Å². The Hall–Kier alpha value is -3.79. The standard InChI is InChI=1S/C31H41N3O4/c1-8-10-20-34(29(36)26(22(3)4)33-30(37)38-31(5,6)7)27(25-18-16-23(9-2)17-19-25)28(35)32-21-24-14-12-11-13-15-24/h2,11-19,22,26-27H,8,10,20-21H2,1,3-7H3,(H,32,35)(H,33,37). The quantitative estimate of drug-likeness (QED) is 0.399. The van der Waals surface area contributed by atoms with Gasteiger partial charge in [0, 0.05) is 18.7 Å². The first-order chi connectivity index (χ1) is 18.0. The maximum atomic E-state index is 14.1. The van der Waals surface area contributed by atoms with Gasteiger partial charge in [0.05, 0.1) is 0 Å². The average Bonchev–Trinajstić information content (AvgIpc) is 2.87. The second kappa shape index (κ2) is 14.2. The van der Waals surface area contributed by atoms with Gasteiger partial charge >= 0.3 is 6.09 Å². The van der Waals surface area contributed by atoms with Gasteiger partial charge in [0.15, 0.2) is 0 Å². The summed E-state index contributed by atoms with van der Waals surface area (Å²) in [7, 11) is 0. The number of alkyl carbamates (subject to hydrolysis) is 1. The summed E-state index contributed by atoms with van der Waals surface area (Å²) in [5.74, 6) is 1.69. The predicted molar refractivity (Wildman–Crippen MR) is 150 cm³/mol. The molecule has 0 fully saturated rings. The number of carbonyl (C=O) groups is 3. The highest BCUT2D eigenvalue weighted by atomic mass is 16.6. The van der Waals surface area contributed by atoms with Gasteiger partial charge in [-0.05, 0) is 56.4 Å². The van der Waals surface area contributed by atoms with Crippen molar-refractivity contribution in [1.29, 1.82) is 0 Å². The summed E-state index contributed by atoms with van der Waals surface area (Å²) in [6.45, 7) is 11.7. The number of hydrogen-bond acceptors (Lipinski definition) is 4. The molecule has 0 bridgehead atoms. The molecule has 0 aromatic heterocycles. The van der Waals surface area contributed by atoms with E-state index < -0.39 is 23.8 Å². The van der Waals surface area contributed by atoms with E-state index in [1.54, 1.807) is 49.9 Å². The molecular weight excluding hydrogens is 478 g/mol. The van der Waals surface area contributed by atoms with Gasteiger partial charge in [0.2, 0.25) is 11.8 Å². The number of nitrogens with zero attached hydrogens (tertiary/aromatic N) is 1. The molecular formula is C31H41N3O4. The van der Waals surface area contributed by atoms with Gasteiger partial charge in [-0.25, -0.2) is 4.79 Å². The van der Waals surface area contributed by atoms with E-state index in [9.17, 15) is 14.4 Å². The molecule has 0 heterocycles. The van der Waals surface area contributed by atoms with Crippen LogP contribution in [0.15, 0.2) is 54.6 Å². The van der Waals surface area contributed by atoms with E-state index in [0.717, 1.165) is 12.0 Å². The summed E-state index contributed by atoms with van der Waals surface area (Å²) >= 11 is 0. The number of benzene rings is 2. The molecule has 7 heteroatoms. The molecule has 0 radical (unpaired) electrons. The van der Waals surface area contributed by atoms with Crippen LogP contribution in [0.25, 0.3) is 0 Å². The van der Waals surface area contributed by atoms with Crippen LogP contribution < -0.4 is 10.6 Å². The van der Waals surface area contributed by atoms with Gasteiger partial charge in [0.1, 0.15) is 17.7 Å². The minimum atomic E-state index is -0.911. The molecule has 2 aromatic carbocycles. The highest BCUT2D eigenvalue weighted by Crippen LogP contribution is 2.25. The first-order valence-electron chi connectivity index (χ1n) is 13.1. The minimum Gasteiger partial charge on any atom is -0.444 e. The normalized spacial score (nSPS) is 12.7. The van der Waals surface area contributed by atoms with Crippen LogP contribution >= 0.6 is 0 Å². The third-order valence-electron chi connectivity index (χ3n) is 5.90. The molecule has 0 saturated heterocycles.